The van der Waals surface area contributed by atoms with Crippen LogP contribution in [-0.4, -0.2) is 76.9 Å². The fourth-order valence-corrected chi connectivity index (χ4v) is 6.31. The maximum absolute atomic E-state index is 13.2. The van der Waals surface area contributed by atoms with E-state index < -0.39 is 23.8 Å². The Hall–Kier alpha value is -3.70. The van der Waals surface area contributed by atoms with Crippen LogP contribution in [0.4, 0.5) is 0 Å². The number of imide groups is 1. The van der Waals surface area contributed by atoms with Gasteiger partial charge in [-0.15, -0.1) is 0 Å². The summed E-state index contributed by atoms with van der Waals surface area (Å²) >= 11 is 0. The van der Waals surface area contributed by atoms with Crippen molar-refractivity contribution in [3.05, 3.63) is 12.2 Å². The number of rotatable bonds is 19. The summed E-state index contributed by atoms with van der Waals surface area (Å²) < 4.78 is 0. The Labute approximate surface area is 252 Å². The first-order valence-corrected chi connectivity index (χ1v) is 15.3. The van der Waals surface area contributed by atoms with Gasteiger partial charge in [0.05, 0.1) is 23.7 Å². The third-order valence-corrected chi connectivity index (χ3v) is 8.48. The van der Waals surface area contributed by atoms with Gasteiger partial charge in [0.2, 0.25) is 23.6 Å². The Morgan fingerprint density at radius 2 is 1.49 bits per heavy atom. The van der Waals surface area contributed by atoms with Crippen LogP contribution in [-0.2, 0) is 33.6 Å². The number of nitrogens with one attached hydrogen (secondary N) is 4. The second-order valence-corrected chi connectivity index (χ2v) is 12.1. The van der Waals surface area contributed by atoms with E-state index in [2.05, 4.69) is 28.1 Å². The smallest absolute Gasteiger partial charge is 0.243 e. The summed E-state index contributed by atoms with van der Waals surface area (Å²) in [5.74, 6) is -1.80. The van der Waals surface area contributed by atoms with Crippen LogP contribution in [0.1, 0.15) is 85.0 Å². The predicted molar refractivity (Wildman–Crippen MR) is 158 cm³/mol. The average molecular weight is 600 g/mol. The van der Waals surface area contributed by atoms with E-state index in [0.717, 1.165) is 6.42 Å². The molecule has 1 saturated carbocycles. The van der Waals surface area contributed by atoms with Crippen molar-refractivity contribution in [3.63, 3.8) is 0 Å². The van der Waals surface area contributed by atoms with E-state index in [0.29, 0.717) is 38.8 Å². The number of unbranched alkanes of at least 4 members (excludes halogenated alkanes) is 2. The lowest BCUT2D eigenvalue weighted by atomic mass is 9.85. The lowest BCUT2D eigenvalue weighted by Crippen LogP contribution is -2.52. The molecule has 236 valence electrons. The summed E-state index contributed by atoms with van der Waals surface area (Å²) in [5.41, 5.74) is 0. The number of Topliss-reactive ketones (excluding diaryl/α,β-unsaturated/α-hetero) is 3. The van der Waals surface area contributed by atoms with Gasteiger partial charge in [-0.2, -0.15) is 0 Å². The van der Waals surface area contributed by atoms with E-state index in [4.69, 9.17) is 5.41 Å². The maximum Gasteiger partial charge on any atom is 0.243 e. The Balaban J connectivity index is 1.48. The van der Waals surface area contributed by atoms with Crippen LogP contribution in [0.25, 0.3) is 0 Å². The molecule has 0 spiro atoms. The van der Waals surface area contributed by atoms with Gasteiger partial charge in [-0.3, -0.25) is 39.1 Å². The van der Waals surface area contributed by atoms with Crippen molar-refractivity contribution >= 4 is 46.8 Å². The Morgan fingerprint density at radius 3 is 2.07 bits per heavy atom. The molecule has 2 bridgehead atoms. The number of hydrogen-bond acceptors (Lipinski definition) is 8. The molecule has 1 heterocycles. The fourth-order valence-electron chi connectivity index (χ4n) is 6.31. The van der Waals surface area contributed by atoms with Crippen LogP contribution >= 0.6 is 0 Å². The molecule has 2 aliphatic carbocycles. The first kappa shape index (κ1) is 33.8. The SMILES string of the molecule is CC(=N)NCCC[C@H](NC(=O)CCCCCN1C(=O)C2[C@@H](C1=O)[C@@H]1C=C[C@H]2C1)C(=O)N[C@@H](CC(C)=O)C(=O)CCC(C)=O. The highest BCUT2D eigenvalue weighted by atomic mass is 16.2. The number of allylic oxidation sites excluding steroid dienone is 2. The average Bonchev–Trinajstić information content (AvgIpc) is 3.62. The highest BCUT2D eigenvalue weighted by molar-refractivity contribution is 6.06. The van der Waals surface area contributed by atoms with E-state index in [-0.39, 0.29) is 90.9 Å². The van der Waals surface area contributed by atoms with Crippen LogP contribution in [0.3, 0.4) is 0 Å². The first-order chi connectivity index (χ1) is 20.4. The largest absolute Gasteiger partial charge is 0.374 e. The summed E-state index contributed by atoms with van der Waals surface area (Å²) in [6.07, 6.45) is 7.27. The summed E-state index contributed by atoms with van der Waals surface area (Å²) in [5, 5.41) is 15.7. The summed E-state index contributed by atoms with van der Waals surface area (Å²) in [6, 6.07) is -2.05. The molecule has 12 heteroatoms. The van der Waals surface area contributed by atoms with E-state index in [1.165, 1.54) is 18.7 Å². The number of amidine groups is 1. The molecule has 4 amide bonds. The molecule has 1 unspecified atom stereocenters. The topological polar surface area (TPSA) is 183 Å². The first-order valence-electron chi connectivity index (χ1n) is 15.3. The normalized spacial score (nSPS) is 23.1. The van der Waals surface area contributed by atoms with Gasteiger partial charge in [0.25, 0.3) is 0 Å². The zero-order valence-electron chi connectivity index (χ0n) is 25.4. The van der Waals surface area contributed by atoms with Crippen molar-refractivity contribution in [1.82, 2.24) is 20.9 Å². The second kappa shape index (κ2) is 15.7. The van der Waals surface area contributed by atoms with Crippen molar-refractivity contribution in [2.24, 2.45) is 23.7 Å². The third kappa shape index (κ3) is 9.39. The highest BCUT2D eigenvalue weighted by Gasteiger charge is 2.58. The van der Waals surface area contributed by atoms with E-state index in [9.17, 15) is 33.6 Å². The Kier molecular flexibility index (Phi) is 12.3. The zero-order chi connectivity index (χ0) is 31.7. The van der Waals surface area contributed by atoms with Crippen molar-refractivity contribution in [2.45, 2.75) is 97.1 Å². The van der Waals surface area contributed by atoms with Crippen molar-refractivity contribution in [1.29, 1.82) is 5.41 Å². The van der Waals surface area contributed by atoms with Gasteiger partial charge in [-0.25, -0.2) is 0 Å². The number of amides is 4. The number of likely N-dealkylation sites (tertiary alicyclic amines) is 1. The van der Waals surface area contributed by atoms with Gasteiger partial charge in [0.1, 0.15) is 17.6 Å². The standard InChI is InChI=1S/C31H45N5O7/c1-18(37)10-13-25(39)24(16-19(2)38)35-29(41)23(8-7-14-33-20(3)32)34-26(40)9-5-4-6-15-36-30(42)27-21-11-12-22(17-21)28(27)31(36)43/h11-12,21-24,27-28H,4-10,13-17H2,1-3H3,(H2,32,33)(H,34,40)(H,35,41)/t21-,22+,23-,24-,27?,28-/m0/s1. The maximum atomic E-state index is 13.2. The third-order valence-electron chi connectivity index (χ3n) is 8.48. The van der Waals surface area contributed by atoms with E-state index >= 15 is 0 Å². The molecule has 12 nitrogen and oxygen atoms in total. The number of carbonyl (C=O) groups excluding carboxylic acids is 7. The number of nitrogens with zero attached hydrogens (tertiary/aromatic N) is 1. The molecule has 43 heavy (non-hydrogen) atoms. The summed E-state index contributed by atoms with van der Waals surface area (Å²) in [6.45, 7) is 5.01. The van der Waals surface area contributed by atoms with Crippen LogP contribution < -0.4 is 16.0 Å². The zero-order valence-corrected chi connectivity index (χ0v) is 25.4. The van der Waals surface area contributed by atoms with E-state index in [1.807, 2.05) is 0 Å². The molecule has 3 aliphatic rings. The van der Waals surface area contributed by atoms with Crippen molar-refractivity contribution < 1.29 is 33.6 Å². The monoisotopic (exact) mass is 599 g/mol. The molecule has 3 rings (SSSR count). The molecule has 2 fully saturated rings. The van der Waals surface area contributed by atoms with Crippen LogP contribution in [0.2, 0.25) is 0 Å². The van der Waals surface area contributed by atoms with Crippen LogP contribution in [0, 0.1) is 29.1 Å². The van der Waals surface area contributed by atoms with Gasteiger partial charge in [-0.1, -0.05) is 18.6 Å². The number of ketones is 3. The van der Waals surface area contributed by atoms with E-state index in [1.54, 1.807) is 6.92 Å². The minimum atomic E-state index is -1.09. The molecular weight excluding hydrogens is 554 g/mol. The quantitative estimate of drug-likeness (QED) is 0.0568. The molecular formula is C31H45N5O7. The molecule has 4 N–H and O–H groups in total. The van der Waals surface area contributed by atoms with Crippen LogP contribution in [0.15, 0.2) is 12.2 Å². The number of hydrogen-bond donors (Lipinski definition) is 4. The molecule has 6 atom stereocenters. The number of fused-ring (bicyclic) bond motifs is 5. The lowest BCUT2D eigenvalue weighted by molar-refractivity contribution is -0.141. The van der Waals surface area contributed by atoms with Gasteiger partial charge in [0.15, 0.2) is 5.78 Å². The van der Waals surface area contributed by atoms with Gasteiger partial charge < -0.3 is 20.7 Å². The van der Waals surface area contributed by atoms with Crippen LogP contribution in [0.5, 0.6) is 0 Å². The number of carbonyl (C=O) groups is 7. The van der Waals surface area contributed by atoms with Gasteiger partial charge in [0, 0.05) is 38.8 Å². The summed E-state index contributed by atoms with van der Waals surface area (Å²) in [4.78, 5) is 88.7. The molecule has 0 aromatic rings. The minimum absolute atomic E-state index is 0.0113. The van der Waals surface area contributed by atoms with Crippen molar-refractivity contribution in [2.75, 3.05) is 13.1 Å². The lowest BCUT2D eigenvalue weighted by Gasteiger charge is -2.23. The van der Waals surface area contributed by atoms with Gasteiger partial charge >= 0.3 is 0 Å². The Morgan fingerprint density at radius 1 is 0.837 bits per heavy atom. The minimum Gasteiger partial charge on any atom is -0.374 e. The molecule has 0 radical (unpaired) electrons. The summed E-state index contributed by atoms with van der Waals surface area (Å²) in [7, 11) is 0. The molecule has 0 aromatic heterocycles. The van der Waals surface area contributed by atoms with Gasteiger partial charge in [-0.05, 0) is 64.7 Å². The molecule has 1 saturated heterocycles. The molecule has 1 aliphatic heterocycles. The van der Waals surface area contributed by atoms with Crippen molar-refractivity contribution in [3.8, 4) is 0 Å². The second-order valence-electron chi connectivity index (χ2n) is 12.1. The fraction of sp³-hybridized carbons (Fsp3) is 0.677. The molecule has 0 aromatic carbocycles. The predicted octanol–water partition coefficient (Wildman–Crippen LogP) is 1.61. The Bertz CT molecular complexity index is 1140. The highest BCUT2D eigenvalue weighted by Crippen LogP contribution is 2.52.